The van der Waals surface area contributed by atoms with Crippen LogP contribution in [-0.2, 0) is 28.5 Å². The Kier molecular flexibility index (Phi) is 5.05. The summed E-state index contributed by atoms with van der Waals surface area (Å²) in [7, 11) is 3.62. The van der Waals surface area contributed by atoms with E-state index in [-0.39, 0.29) is 5.91 Å². The van der Waals surface area contributed by atoms with E-state index in [2.05, 4.69) is 10.3 Å². The molecule has 28 heavy (non-hydrogen) atoms. The molecule has 4 rings (SSSR count). The van der Waals surface area contributed by atoms with Crippen LogP contribution in [-0.4, -0.2) is 35.8 Å². The normalized spacial score (nSPS) is 16.1. The number of carbonyl (C=O) groups excluding carboxylic acids is 1. The molecule has 146 valence electrons. The van der Waals surface area contributed by atoms with Gasteiger partial charge in [-0.2, -0.15) is 0 Å². The summed E-state index contributed by atoms with van der Waals surface area (Å²) in [6.07, 6.45) is 1.32. The molecule has 0 spiro atoms. The zero-order valence-electron chi connectivity index (χ0n) is 16.3. The fraction of sp³-hybridized carbons (Fsp3) is 0.364. The van der Waals surface area contributed by atoms with E-state index in [1.54, 1.807) is 7.11 Å². The van der Waals surface area contributed by atoms with Gasteiger partial charge < -0.3 is 19.4 Å². The van der Waals surface area contributed by atoms with Crippen LogP contribution in [0.5, 0.6) is 5.75 Å². The van der Waals surface area contributed by atoms with Gasteiger partial charge in [-0.3, -0.25) is 4.79 Å². The standard InChI is InChI=1S/C22H25N3O3/c1-25-19-6-4-3-5-18(19)24-20(25)15-23-21(26)22(11-13-28-14-12-22)16-7-9-17(27-2)10-8-16/h3-10H,11-15H2,1-2H3,(H,23,26). The quantitative estimate of drug-likeness (QED) is 0.740. The van der Waals surface area contributed by atoms with Gasteiger partial charge in [0.1, 0.15) is 11.6 Å². The number of hydrogen-bond acceptors (Lipinski definition) is 4. The molecule has 1 N–H and O–H groups in total. The number of nitrogens with zero attached hydrogens (tertiary/aromatic N) is 2. The monoisotopic (exact) mass is 379 g/mol. The molecule has 3 aromatic rings. The van der Waals surface area contributed by atoms with Crippen molar-refractivity contribution in [2.24, 2.45) is 7.05 Å². The van der Waals surface area contributed by atoms with Gasteiger partial charge in [0, 0.05) is 20.3 Å². The van der Waals surface area contributed by atoms with Crippen LogP contribution in [0.25, 0.3) is 11.0 Å². The number of ether oxygens (including phenoxy) is 2. The van der Waals surface area contributed by atoms with Crippen molar-refractivity contribution in [2.75, 3.05) is 20.3 Å². The second-order valence-electron chi connectivity index (χ2n) is 7.18. The molecule has 0 saturated carbocycles. The molecular formula is C22H25N3O3. The van der Waals surface area contributed by atoms with Crippen molar-refractivity contribution in [1.82, 2.24) is 14.9 Å². The summed E-state index contributed by atoms with van der Waals surface area (Å²) < 4.78 is 12.8. The van der Waals surface area contributed by atoms with Crippen molar-refractivity contribution in [3.05, 3.63) is 59.9 Å². The summed E-state index contributed by atoms with van der Waals surface area (Å²) in [5.41, 5.74) is 2.40. The third-order valence-electron chi connectivity index (χ3n) is 5.71. The van der Waals surface area contributed by atoms with Gasteiger partial charge in [0.2, 0.25) is 5.91 Å². The molecule has 0 radical (unpaired) electrons. The van der Waals surface area contributed by atoms with Gasteiger partial charge in [0.25, 0.3) is 0 Å². The first-order valence-electron chi connectivity index (χ1n) is 9.55. The number of methoxy groups -OCH3 is 1. The molecule has 1 aliphatic heterocycles. The van der Waals surface area contributed by atoms with Crippen molar-refractivity contribution in [1.29, 1.82) is 0 Å². The predicted molar refractivity (Wildman–Crippen MR) is 107 cm³/mol. The fourth-order valence-electron chi connectivity index (χ4n) is 3.96. The third-order valence-corrected chi connectivity index (χ3v) is 5.71. The summed E-state index contributed by atoms with van der Waals surface area (Å²) in [5, 5.41) is 3.13. The molecule has 1 aliphatic rings. The summed E-state index contributed by atoms with van der Waals surface area (Å²) >= 11 is 0. The van der Waals surface area contributed by atoms with Crippen LogP contribution >= 0.6 is 0 Å². The number of imidazole rings is 1. The highest BCUT2D eigenvalue weighted by Crippen LogP contribution is 2.36. The van der Waals surface area contributed by atoms with Crippen LogP contribution < -0.4 is 10.1 Å². The molecule has 1 amide bonds. The Morgan fingerprint density at radius 3 is 2.57 bits per heavy atom. The van der Waals surface area contributed by atoms with Crippen LogP contribution in [0.1, 0.15) is 24.2 Å². The van der Waals surface area contributed by atoms with Crippen LogP contribution in [0.2, 0.25) is 0 Å². The predicted octanol–water partition coefficient (Wildman–Crippen LogP) is 2.95. The van der Waals surface area contributed by atoms with E-state index >= 15 is 0 Å². The van der Waals surface area contributed by atoms with E-state index in [1.165, 1.54) is 0 Å². The van der Waals surface area contributed by atoms with Gasteiger partial charge in [-0.25, -0.2) is 4.98 Å². The van der Waals surface area contributed by atoms with Gasteiger partial charge in [-0.1, -0.05) is 24.3 Å². The summed E-state index contributed by atoms with van der Waals surface area (Å²) in [6, 6.07) is 15.8. The zero-order chi connectivity index (χ0) is 19.6. The lowest BCUT2D eigenvalue weighted by Crippen LogP contribution is -2.48. The Labute approximate surface area is 164 Å². The number of amides is 1. The number of benzene rings is 2. The number of aromatic nitrogens is 2. The number of para-hydroxylation sites is 2. The molecule has 2 aromatic carbocycles. The highest BCUT2D eigenvalue weighted by molar-refractivity contribution is 5.88. The van der Waals surface area contributed by atoms with E-state index in [4.69, 9.17) is 9.47 Å². The van der Waals surface area contributed by atoms with E-state index in [1.807, 2.05) is 60.1 Å². The minimum absolute atomic E-state index is 0.0213. The average Bonchev–Trinajstić information content (AvgIpc) is 3.08. The summed E-state index contributed by atoms with van der Waals surface area (Å²) in [4.78, 5) is 18.0. The van der Waals surface area contributed by atoms with Crippen molar-refractivity contribution < 1.29 is 14.3 Å². The number of carbonyl (C=O) groups is 1. The lowest BCUT2D eigenvalue weighted by atomic mass is 9.73. The summed E-state index contributed by atoms with van der Waals surface area (Å²) in [5.74, 6) is 1.64. The van der Waals surface area contributed by atoms with Crippen molar-refractivity contribution in [3.8, 4) is 5.75 Å². The number of fused-ring (bicyclic) bond motifs is 1. The second kappa shape index (κ2) is 7.64. The Hall–Kier alpha value is -2.86. The molecule has 0 unspecified atom stereocenters. The number of aryl methyl sites for hydroxylation is 1. The number of hydrogen-bond donors (Lipinski definition) is 1. The maximum atomic E-state index is 13.3. The molecule has 6 nitrogen and oxygen atoms in total. The number of rotatable bonds is 5. The molecule has 0 bridgehead atoms. The molecule has 1 saturated heterocycles. The molecule has 1 aromatic heterocycles. The first-order valence-corrected chi connectivity index (χ1v) is 9.55. The Balaban J connectivity index is 1.57. The zero-order valence-corrected chi connectivity index (χ0v) is 16.3. The third kappa shape index (κ3) is 3.24. The molecule has 0 aliphatic carbocycles. The first-order chi connectivity index (χ1) is 13.6. The topological polar surface area (TPSA) is 65.4 Å². The molecular weight excluding hydrogens is 354 g/mol. The van der Waals surface area contributed by atoms with Crippen molar-refractivity contribution in [3.63, 3.8) is 0 Å². The van der Waals surface area contributed by atoms with Crippen molar-refractivity contribution in [2.45, 2.75) is 24.8 Å². The van der Waals surface area contributed by atoms with Crippen LogP contribution in [0.15, 0.2) is 48.5 Å². The molecule has 6 heteroatoms. The number of nitrogens with one attached hydrogen (secondary N) is 1. The van der Waals surface area contributed by atoms with Gasteiger partial charge in [-0.15, -0.1) is 0 Å². The average molecular weight is 379 g/mol. The molecule has 2 heterocycles. The highest BCUT2D eigenvalue weighted by atomic mass is 16.5. The molecule has 1 fully saturated rings. The fourth-order valence-corrected chi connectivity index (χ4v) is 3.96. The second-order valence-corrected chi connectivity index (χ2v) is 7.18. The Morgan fingerprint density at radius 2 is 1.89 bits per heavy atom. The minimum Gasteiger partial charge on any atom is -0.497 e. The van der Waals surface area contributed by atoms with Crippen LogP contribution in [0, 0.1) is 0 Å². The smallest absolute Gasteiger partial charge is 0.231 e. The lowest BCUT2D eigenvalue weighted by molar-refractivity contribution is -0.130. The Morgan fingerprint density at radius 1 is 1.18 bits per heavy atom. The van der Waals surface area contributed by atoms with Crippen molar-refractivity contribution >= 4 is 16.9 Å². The van der Waals surface area contributed by atoms with Crippen LogP contribution in [0.3, 0.4) is 0 Å². The summed E-state index contributed by atoms with van der Waals surface area (Å²) in [6.45, 7) is 1.54. The van der Waals surface area contributed by atoms with Gasteiger partial charge >= 0.3 is 0 Å². The van der Waals surface area contributed by atoms with Gasteiger partial charge in [0.15, 0.2) is 0 Å². The maximum Gasteiger partial charge on any atom is 0.231 e. The van der Waals surface area contributed by atoms with E-state index in [9.17, 15) is 4.79 Å². The van der Waals surface area contributed by atoms with E-state index in [0.717, 1.165) is 28.2 Å². The maximum absolute atomic E-state index is 13.3. The van der Waals surface area contributed by atoms with Crippen LogP contribution in [0.4, 0.5) is 0 Å². The first kappa shape index (κ1) is 18.5. The highest BCUT2D eigenvalue weighted by Gasteiger charge is 2.41. The Bertz CT molecular complexity index is 972. The molecule has 0 atom stereocenters. The van der Waals surface area contributed by atoms with E-state index < -0.39 is 5.41 Å². The SMILES string of the molecule is COc1ccc(C2(C(=O)NCc3nc4ccccc4n3C)CCOCC2)cc1. The van der Waals surface area contributed by atoms with Gasteiger partial charge in [-0.05, 0) is 42.7 Å². The largest absolute Gasteiger partial charge is 0.497 e. The minimum atomic E-state index is -0.588. The van der Waals surface area contributed by atoms with E-state index in [0.29, 0.717) is 32.6 Å². The lowest BCUT2D eigenvalue weighted by Gasteiger charge is -2.36. The van der Waals surface area contributed by atoms with Gasteiger partial charge in [0.05, 0.1) is 30.1 Å².